The molecule has 0 radical (unpaired) electrons. The number of hydrogen-bond donors (Lipinski definition) is 3. The van der Waals surface area contributed by atoms with Crippen LogP contribution in [0.2, 0.25) is 0 Å². The highest BCUT2D eigenvalue weighted by atomic mass is 32.1. The zero-order valence-corrected chi connectivity index (χ0v) is 25.0. The van der Waals surface area contributed by atoms with Crippen LogP contribution in [0.4, 0.5) is 0 Å². The summed E-state index contributed by atoms with van der Waals surface area (Å²) in [6, 6.07) is 10.5. The first-order valence-electron chi connectivity index (χ1n) is 14.4. The van der Waals surface area contributed by atoms with Crippen molar-refractivity contribution in [2.45, 2.75) is 45.3 Å². The molecule has 226 valence electrons. The Labute approximate surface area is 253 Å². The highest BCUT2D eigenvalue weighted by Crippen LogP contribution is 2.26. The highest BCUT2D eigenvalue weighted by molar-refractivity contribution is 7.09. The average Bonchev–Trinajstić information content (AvgIpc) is 3.78. The van der Waals surface area contributed by atoms with Gasteiger partial charge in [0.05, 0.1) is 12.6 Å². The van der Waals surface area contributed by atoms with Crippen molar-refractivity contribution < 1.29 is 18.8 Å². The number of aromatic nitrogens is 4. The zero-order valence-electron chi connectivity index (χ0n) is 24.2. The van der Waals surface area contributed by atoms with E-state index in [-0.39, 0.29) is 41.7 Å². The van der Waals surface area contributed by atoms with Crippen LogP contribution < -0.4 is 16.0 Å². The highest BCUT2D eigenvalue weighted by Gasteiger charge is 2.27. The van der Waals surface area contributed by atoms with Gasteiger partial charge in [-0.25, -0.2) is 9.97 Å². The molecule has 0 spiro atoms. The van der Waals surface area contributed by atoms with Crippen molar-refractivity contribution in [3.05, 3.63) is 88.3 Å². The molecule has 1 aliphatic rings. The summed E-state index contributed by atoms with van der Waals surface area (Å²) in [4.78, 5) is 50.6. The molecular formula is C30H36N8O4S. The van der Waals surface area contributed by atoms with Gasteiger partial charge in [-0.2, -0.15) is 5.10 Å². The van der Waals surface area contributed by atoms with Crippen molar-refractivity contribution in [2.75, 3.05) is 26.2 Å². The second kappa shape index (κ2) is 14.2. The Bertz CT molecular complexity index is 1500. The van der Waals surface area contributed by atoms with E-state index in [0.29, 0.717) is 37.6 Å². The Balaban J connectivity index is 1.39. The number of nitrogens with one attached hydrogen (secondary N) is 3. The summed E-state index contributed by atoms with van der Waals surface area (Å²) in [5.41, 5.74) is 1.32. The first-order valence-corrected chi connectivity index (χ1v) is 15.3. The van der Waals surface area contributed by atoms with Gasteiger partial charge in [0.2, 0.25) is 11.8 Å². The molecule has 3 aromatic heterocycles. The number of amides is 3. The van der Waals surface area contributed by atoms with Gasteiger partial charge in [-0.15, -0.1) is 11.3 Å². The fourth-order valence-electron chi connectivity index (χ4n) is 4.88. The van der Waals surface area contributed by atoms with Crippen LogP contribution in [0.15, 0.2) is 64.9 Å². The summed E-state index contributed by atoms with van der Waals surface area (Å²) >= 11 is 1.34. The van der Waals surface area contributed by atoms with E-state index in [4.69, 9.17) is 4.42 Å². The molecule has 0 saturated carbocycles. The van der Waals surface area contributed by atoms with Crippen LogP contribution >= 0.6 is 11.3 Å². The van der Waals surface area contributed by atoms with E-state index in [2.05, 4.69) is 31.0 Å². The molecule has 3 N–H and O–H groups in total. The number of fused-ring (bicyclic) bond motifs is 4. The Morgan fingerprint density at radius 2 is 1.86 bits per heavy atom. The van der Waals surface area contributed by atoms with Crippen LogP contribution in [0.3, 0.4) is 0 Å². The number of carbonyl (C=O) groups is 3. The van der Waals surface area contributed by atoms with Gasteiger partial charge in [-0.3, -0.25) is 24.0 Å². The quantitative estimate of drug-likeness (QED) is 0.292. The Hall–Kier alpha value is -4.36. The minimum atomic E-state index is -0.633. The molecule has 1 aliphatic heterocycles. The van der Waals surface area contributed by atoms with Crippen LogP contribution in [0.25, 0.3) is 0 Å². The molecule has 0 aliphatic carbocycles. The molecule has 12 nitrogen and oxygen atoms in total. The molecule has 0 fully saturated rings. The van der Waals surface area contributed by atoms with E-state index in [1.54, 1.807) is 11.6 Å². The minimum Gasteiger partial charge on any atom is -0.446 e. The molecular weight excluding hydrogens is 568 g/mol. The number of oxazole rings is 1. The van der Waals surface area contributed by atoms with Gasteiger partial charge >= 0.3 is 0 Å². The molecule has 4 bridgehead atoms. The Morgan fingerprint density at radius 1 is 1.02 bits per heavy atom. The number of carbonyl (C=O) groups excluding carboxylic acids is 3. The van der Waals surface area contributed by atoms with Crippen molar-refractivity contribution in [1.29, 1.82) is 0 Å². The molecule has 4 aromatic rings. The van der Waals surface area contributed by atoms with Crippen molar-refractivity contribution in [1.82, 2.24) is 40.6 Å². The first kappa shape index (κ1) is 30.1. The Morgan fingerprint density at radius 3 is 2.63 bits per heavy atom. The first-order chi connectivity index (χ1) is 20.9. The van der Waals surface area contributed by atoms with Gasteiger partial charge in [-0.05, 0) is 24.0 Å². The van der Waals surface area contributed by atoms with E-state index in [0.717, 1.165) is 12.0 Å². The predicted octanol–water partition coefficient (Wildman–Crippen LogP) is 2.99. The van der Waals surface area contributed by atoms with Gasteiger partial charge in [0.25, 0.3) is 11.8 Å². The number of rotatable bonds is 7. The number of benzene rings is 1. The molecule has 4 heterocycles. The minimum absolute atomic E-state index is 0.0423. The maximum atomic E-state index is 13.4. The van der Waals surface area contributed by atoms with Crippen LogP contribution in [-0.4, -0.2) is 68.5 Å². The second-order valence-electron chi connectivity index (χ2n) is 10.8. The van der Waals surface area contributed by atoms with Crippen molar-refractivity contribution in [3.63, 3.8) is 0 Å². The third-order valence-electron chi connectivity index (χ3n) is 7.15. The van der Waals surface area contributed by atoms with Gasteiger partial charge in [0, 0.05) is 50.4 Å². The van der Waals surface area contributed by atoms with Gasteiger partial charge in [0.15, 0.2) is 5.69 Å². The topological polar surface area (TPSA) is 147 Å². The lowest BCUT2D eigenvalue weighted by Crippen LogP contribution is -2.43. The monoisotopic (exact) mass is 604 g/mol. The van der Waals surface area contributed by atoms with Crippen molar-refractivity contribution in [3.8, 4) is 0 Å². The van der Waals surface area contributed by atoms with Crippen LogP contribution in [-0.2, 0) is 17.8 Å². The van der Waals surface area contributed by atoms with Gasteiger partial charge in [-0.1, -0.05) is 44.2 Å². The molecule has 0 saturated heterocycles. The van der Waals surface area contributed by atoms with Crippen molar-refractivity contribution in [2.24, 2.45) is 5.92 Å². The number of thiazole rings is 1. The summed E-state index contributed by atoms with van der Waals surface area (Å²) in [6.07, 6.45) is 6.11. The Kier molecular flexibility index (Phi) is 9.95. The summed E-state index contributed by atoms with van der Waals surface area (Å²) in [5, 5.41) is 15.6. The van der Waals surface area contributed by atoms with Crippen molar-refractivity contribution >= 4 is 29.1 Å². The zero-order chi connectivity index (χ0) is 30.2. The van der Waals surface area contributed by atoms with Crippen LogP contribution in [0, 0.1) is 5.92 Å². The van der Waals surface area contributed by atoms with Gasteiger partial charge in [0.1, 0.15) is 23.0 Å². The SMILES string of the molecule is CC(C)[C@@H]1NC(=O)CN(CCCn2cccn2)CCNC(=O)c2coc(n2)[C@H](Cc2ccccc2)NC(=O)c2csc1n2. The molecule has 13 heteroatoms. The number of nitrogens with zero attached hydrogens (tertiary/aromatic N) is 5. The van der Waals surface area contributed by atoms with Crippen LogP contribution in [0.1, 0.15) is 69.8 Å². The lowest BCUT2D eigenvalue weighted by molar-refractivity contribution is -0.123. The summed E-state index contributed by atoms with van der Waals surface area (Å²) in [7, 11) is 0. The van der Waals surface area contributed by atoms with E-state index >= 15 is 0 Å². The number of hydrogen-bond acceptors (Lipinski definition) is 9. The third-order valence-corrected chi connectivity index (χ3v) is 8.07. The lowest BCUT2D eigenvalue weighted by Gasteiger charge is -2.25. The maximum absolute atomic E-state index is 13.4. The maximum Gasteiger partial charge on any atom is 0.273 e. The van der Waals surface area contributed by atoms with Gasteiger partial charge < -0.3 is 20.4 Å². The van der Waals surface area contributed by atoms with E-state index in [1.165, 1.54) is 17.6 Å². The summed E-state index contributed by atoms with van der Waals surface area (Å²) in [6.45, 7) is 6.27. The second-order valence-corrected chi connectivity index (χ2v) is 11.7. The fourth-order valence-corrected chi connectivity index (χ4v) is 5.90. The molecule has 5 rings (SSSR count). The van der Waals surface area contributed by atoms with E-state index < -0.39 is 17.9 Å². The van der Waals surface area contributed by atoms with E-state index in [1.807, 2.05) is 66.0 Å². The largest absolute Gasteiger partial charge is 0.446 e. The molecule has 2 atom stereocenters. The number of aryl methyl sites for hydroxylation is 1. The molecule has 3 amide bonds. The summed E-state index contributed by atoms with van der Waals surface area (Å²) in [5.74, 6) is -0.681. The predicted molar refractivity (Wildman–Crippen MR) is 160 cm³/mol. The molecule has 1 aromatic carbocycles. The standard InChI is InChI=1S/C30H36N8O4S/c1-20(2)26-30-35-24(19-43-30)28(41)33-22(16-21-8-4-3-5-9-21)29-34-23(18-42-29)27(40)31-11-15-37(17-25(39)36-26)12-7-14-38-13-6-10-32-38/h3-6,8-10,13,18-20,22,26H,7,11-12,14-17H2,1-2H3,(H,31,40)(H,33,41)(H,36,39)/t22-,26-/m0/s1. The van der Waals surface area contributed by atoms with E-state index in [9.17, 15) is 14.4 Å². The normalized spacial score (nSPS) is 18.9. The average molecular weight is 605 g/mol. The molecule has 43 heavy (non-hydrogen) atoms. The lowest BCUT2D eigenvalue weighted by atomic mass is 10.0. The summed E-state index contributed by atoms with van der Waals surface area (Å²) < 4.78 is 7.56. The smallest absolute Gasteiger partial charge is 0.273 e. The fraction of sp³-hybridized carbons (Fsp3) is 0.400. The molecule has 0 unspecified atom stereocenters. The third kappa shape index (κ3) is 8.14. The van der Waals surface area contributed by atoms with Crippen LogP contribution in [0.5, 0.6) is 0 Å².